The average Bonchev–Trinajstić information content (AvgIpc) is 2.37. The second-order valence-corrected chi connectivity index (χ2v) is 4.75. The Kier molecular flexibility index (Phi) is 3.67. The van der Waals surface area contributed by atoms with Gasteiger partial charge in [0.15, 0.2) is 17.4 Å². The van der Waals surface area contributed by atoms with Crippen LogP contribution in [0.5, 0.6) is 0 Å². The molecule has 0 aliphatic heterocycles. The maximum Gasteiger partial charge on any atom is 0.197 e. The first kappa shape index (κ1) is 13.7. The van der Waals surface area contributed by atoms with Crippen LogP contribution in [-0.2, 0) is 0 Å². The second kappa shape index (κ2) is 5.10. The van der Waals surface area contributed by atoms with Gasteiger partial charge in [0.25, 0.3) is 0 Å². The van der Waals surface area contributed by atoms with Crippen LogP contribution in [0.15, 0.2) is 30.3 Å². The monoisotopic (exact) mass is 280 g/mol. The summed E-state index contributed by atoms with van der Waals surface area (Å²) in [5.74, 6) is -2.92. The lowest BCUT2D eigenvalue weighted by Gasteiger charge is -2.08. The third-order valence-corrected chi connectivity index (χ3v) is 3.36. The highest BCUT2D eigenvalue weighted by Gasteiger charge is 2.21. The Balaban J connectivity index is 2.56. The molecule has 0 N–H and O–H groups in total. The molecule has 0 amide bonds. The average molecular weight is 281 g/mol. The van der Waals surface area contributed by atoms with Crippen molar-refractivity contribution in [3.8, 4) is 0 Å². The van der Waals surface area contributed by atoms with Gasteiger partial charge < -0.3 is 0 Å². The molecule has 0 aliphatic carbocycles. The molecule has 0 radical (unpaired) electrons. The highest BCUT2D eigenvalue weighted by atomic mass is 35.5. The molecule has 4 heteroatoms. The molecule has 0 bridgehead atoms. The molecule has 98 valence electrons. The van der Waals surface area contributed by atoms with Gasteiger partial charge in [0.05, 0.1) is 10.6 Å². The number of aryl methyl sites for hydroxylation is 2. The molecule has 0 saturated carbocycles. The van der Waals surface area contributed by atoms with Crippen LogP contribution < -0.4 is 0 Å². The van der Waals surface area contributed by atoms with E-state index in [0.717, 1.165) is 17.2 Å². The zero-order chi connectivity index (χ0) is 14.2. The Hall–Kier alpha value is -1.74. The van der Waals surface area contributed by atoms with Crippen molar-refractivity contribution in [2.45, 2.75) is 13.8 Å². The highest BCUT2D eigenvalue weighted by Crippen LogP contribution is 2.25. The van der Waals surface area contributed by atoms with Gasteiger partial charge in [-0.15, -0.1) is 0 Å². The Bertz CT molecular complexity index is 665. The SMILES string of the molecule is Cc1ccc(C(=O)c2c(Cl)ccc(F)c2F)cc1C. The van der Waals surface area contributed by atoms with Crippen molar-refractivity contribution < 1.29 is 13.6 Å². The first-order valence-corrected chi connectivity index (χ1v) is 6.05. The predicted octanol–water partition coefficient (Wildman–Crippen LogP) is 4.47. The molecule has 2 rings (SSSR count). The van der Waals surface area contributed by atoms with E-state index in [2.05, 4.69) is 0 Å². The number of halogens is 3. The molecular weight excluding hydrogens is 270 g/mol. The third kappa shape index (κ3) is 2.51. The Morgan fingerprint density at radius 3 is 2.37 bits per heavy atom. The topological polar surface area (TPSA) is 17.1 Å². The van der Waals surface area contributed by atoms with Crippen molar-refractivity contribution in [3.05, 3.63) is 69.2 Å². The van der Waals surface area contributed by atoms with Crippen molar-refractivity contribution in [3.63, 3.8) is 0 Å². The van der Waals surface area contributed by atoms with E-state index < -0.39 is 23.0 Å². The summed E-state index contributed by atoms with van der Waals surface area (Å²) >= 11 is 5.79. The van der Waals surface area contributed by atoms with Gasteiger partial charge in [0, 0.05) is 5.56 Å². The summed E-state index contributed by atoms with van der Waals surface area (Å²) < 4.78 is 26.9. The van der Waals surface area contributed by atoms with Gasteiger partial charge >= 0.3 is 0 Å². The molecule has 2 aromatic carbocycles. The highest BCUT2D eigenvalue weighted by molar-refractivity contribution is 6.35. The minimum absolute atomic E-state index is 0.0953. The zero-order valence-corrected chi connectivity index (χ0v) is 11.2. The van der Waals surface area contributed by atoms with Gasteiger partial charge in [-0.05, 0) is 43.2 Å². The van der Waals surface area contributed by atoms with Crippen molar-refractivity contribution >= 4 is 17.4 Å². The van der Waals surface area contributed by atoms with Gasteiger partial charge in [-0.3, -0.25) is 4.79 Å². The van der Waals surface area contributed by atoms with E-state index >= 15 is 0 Å². The maximum absolute atomic E-state index is 13.7. The van der Waals surface area contributed by atoms with Gasteiger partial charge in [0.2, 0.25) is 0 Å². The van der Waals surface area contributed by atoms with Crippen molar-refractivity contribution in [2.75, 3.05) is 0 Å². The lowest BCUT2D eigenvalue weighted by atomic mass is 9.99. The fourth-order valence-electron chi connectivity index (χ4n) is 1.76. The predicted molar refractivity (Wildman–Crippen MR) is 70.7 cm³/mol. The molecule has 2 aromatic rings. The van der Waals surface area contributed by atoms with E-state index in [0.29, 0.717) is 0 Å². The van der Waals surface area contributed by atoms with E-state index in [4.69, 9.17) is 11.6 Å². The van der Waals surface area contributed by atoms with Crippen LogP contribution in [0.2, 0.25) is 5.02 Å². The molecule has 0 saturated heterocycles. The summed E-state index contributed by atoms with van der Waals surface area (Å²) in [6.07, 6.45) is 0. The van der Waals surface area contributed by atoms with Crippen LogP contribution in [0.1, 0.15) is 27.0 Å². The minimum atomic E-state index is -1.21. The fourth-order valence-corrected chi connectivity index (χ4v) is 1.99. The van der Waals surface area contributed by atoms with E-state index in [9.17, 15) is 13.6 Å². The number of carbonyl (C=O) groups excluding carboxylic acids is 1. The summed E-state index contributed by atoms with van der Waals surface area (Å²) in [6.45, 7) is 3.75. The normalized spacial score (nSPS) is 10.6. The summed E-state index contributed by atoms with van der Waals surface area (Å²) in [7, 11) is 0. The van der Waals surface area contributed by atoms with Crippen LogP contribution in [0.4, 0.5) is 8.78 Å². The lowest BCUT2D eigenvalue weighted by molar-refractivity contribution is 0.103. The molecule has 0 aromatic heterocycles. The van der Waals surface area contributed by atoms with Crippen LogP contribution in [0, 0.1) is 25.5 Å². The summed E-state index contributed by atoms with van der Waals surface area (Å²) in [6, 6.07) is 7.04. The Morgan fingerprint density at radius 1 is 1.05 bits per heavy atom. The Labute approximate surface area is 114 Å². The van der Waals surface area contributed by atoms with Crippen LogP contribution in [0.25, 0.3) is 0 Å². The second-order valence-electron chi connectivity index (χ2n) is 4.35. The molecule has 0 fully saturated rings. The Morgan fingerprint density at radius 2 is 1.74 bits per heavy atom. The summed E-state index contributed by atoms with van der Waals surface area (Å²) in [4.78, 5) is 12.2. The minimum Gasteiger partial charge on any atom is -0.288 e. The smallest absolute Gasteiger partial charge is 0.197 e. The lowest BCUT2D eigenvalue weighted by Crippen LogP contribution is -2.07. The molecule has 0 heterocycles. The molecule has 0 aliphatic rings. The summed E-state index contributed by atoms with van der Waals surface area (Å²) in [5, 5.41) is -0.0953. The largest absolute Gasteiger partial charge is 0.288 e. The summed E-state index contributed by atoms with van der Waals surface area (Å²) in [5.41, 5.74) is 1.78. The van der Waals surface area contributed by atoms with Gasteiger partial charge in [-0.1, -0.05) is 23.7 Å². The van der Waals surface area contributed by atoms with Crippen LogP contribution in [-0.4, -0.2) is 5.78 Å². The maximum atomic E-state index is 13.7. The van der Waals surface area contributed by atoms with Crippen molar-refractivity contribution in [2.24, 2.45) is 0 Å². The number of hydrogen-bond acceptors (Lipinski definition) is 1. The number of hydrogen-bond donors (Lipinski definition) is 0. The number of rotatable bonds is 2. The molecule has 1 nitrogen and oxygen atoms in total. The standard InChI is InChI=1S/C15H11ClF2O/c1-8-3-4-10(7-9(8)2)15(19)13-11(16)5-6-12(17)14(13)18/h3-7H,1-2H3. The van der Waals surface area contributed by atoms with Crippen molar-refractivity contribution in [1.82, 2.24) is 0 Å². The molecule has 0 atom stereocenters. The first-order chi connectivity index (χ1) is 8.91. The van der Waals surface area contributed by atoms with E-state index in [-0.39, 0.29) is 10.6 Å². The zero-order valence-electron chi connectivity index (χ0n) is 10.4. The van der Waals surface area contributed by atoms with Crippen molar-refractivity contribution in [1.29, 1.82) is 0 Å². The van der Waals surface area contributed by atoms with E-state index in [1.165, 1.54) is 6.07 Å². The van der Waals surface area contributed by atoms with Crippen LogP contribution in [0.3, 0.4) is 0 Å². The van der Waals surface area contributed by atoms with Gasteiger partial charge in [0.1, 0.15) is 0 Å². The van der Waals surface area contributed by atoms with E-state index in [1.807, 2.05) is 13.8 Å². The molecular formula is C15H11ClF2O. The molecule has 19 heavy (non-hydrogen) atoms. The van der Waals surface area contributed by atoms with Gasteiger partial charge in [-0.2, -0.15) is 0 Å². The number of benzene rings is 2. The van der Waals surface area contributed by atoms with E-state index in [1.54, 1.807) is 18.2 Å². The third-order valence-electron chi connectivity index (χ3n) is 3.04. The molecule has 0 spiro atoms. The number of ketones is 1. The molecule has 0 unspecified atom stereocenters. The number of carbonyl (C=O) groups is 1. The fraction of sp³-hybridized carbons (Fsp3) is 0.133. The quantitative estimate of drug-likeness (QED) is 0.586. The van der Waals surface area contributed by atoms with Gasteiger partial charge in [-0.25, -0.2) is 8.78 Å². The first-order valence-electron chi connectivity index (χ1n) is 5.67. The van der Waals surface area contributed by atoms with Crippen LogP contribution >= 0.6 is 11.6 Å².